The van der Waals surface area contributed by atoms with Crippen LogP contribution in [0.1, 0.15) is 13.3 Å². The molecular formula is C5H10O2. The molecule has 0 aliphatic carbocycles. The number of hydrogen-bond acceptors (Lipinski definition) is 2. The highest BCUT2D eigenvalue weighted by molar-refractivity contribution is 4.81. The van der Waals surface area contributed by atoms with Gasteiger partial charge in [0, 0.05) is 6.42 Å². The van der Waals surface area contributed by atoms with Gasteiger partial charge >= 0.3 is 0 Å². The highest BCUT2D eigenvalue weighted by Gasteiger charge is 1.81. The van der Waals surface area contributed by atoms with E-state index in [0.29, 0.717) is 6.42 Å². The maximum absolute atomic E-state index is 8.59. The first kappa shape index (κ1) is 6.34. The number of allylic oxidation sites excluding steroid dienone is 1. The molecule has 0 amide bonds. The van der Waals surface area contributed by atoms with E-state index in [1.54, 1.807) is 0 Å². The third kappa shape index (κ3) is 3.16. The standard InChI is InChI=1S/C5H10O2/c1-3-5(6)4-7-2/h4,6H,3H2,1-2H3. The van der Waals surface area contributed by atoms with Crippen molar-refractivity contribution < 1.29 is 9.84 Å². The molecule has 0 atom stereocenters. The second kappa shape index (κ2) is 3.53. The molecule has 0 aromatic rings. The molecule has 42 valence electrons. The molecule has 1 N–H and O–H groups in total. The van der Waals surface area contributed by atoms with Crippen LogP contribution in [0, 0.1) is 0 Å². The van der Waals surface area contributed by atoms with Crippen LogP contribution in [0.15, 0.2) is 12.0 Å². The Morgan fingerprint density at radius 2 is 2.43 bits per heavy atom. The van der Waals surface area contributed by atoms with Crippen molar-refractivity contribution in [2.45, 2.75) is 13.3 Å². The molecule has 0 radical (unpaired) electrons. The third-order valence-corrected chi connectivity index (χ3v) is 0.616. The Hall–Kier alpha value is -0.660. The molecule has 0 heterocycles. The lowest BCUT2D eigenvalue weighted by Gasteiger charge is -1.89. The summed E-state index contributed by atoms with van der Waals surface area (Å²) in [4.78, 5) is 0. The highest BCUT2D eigenvalue weighted by atomic mass is 16.5. The summed E-state index contributed by atoms with van der Waals surface area (Å²) < 4.78 is 4.48. The van der Waals surface area contributed by atoms with Crippen molar-refractivity contribution in [3.63, 3.8) is 0 Å². The minimum Gasteiger partial charge on any atom is -0.509 e. The lowest BCUT2D eigenvalue weighted by Crippen LogP contribution is -1.76. The number of aliphatic hydroxyl groups is 1. The van der Waals surface area contributed by atoms with Crippen molar-refractivity contribution in [3.05, 3.63) is 12.0 Å². The molecule has 0 unspecified atom stereocenters. The largest absolute Gasteiger partial charge is 0.509 e. The number of ether oxygens (including phenoxy) is 1. The van der Waals surface area contributed by atoms with Crippen LogP contribution in [0.25, 0.3) is 0 Å². The van der Waals surface area contributed by atoms with Crippen LogP contribution < -0.4 is 0 Å². The van der Waals surface area contributed by atoms with Crippen LogP contribution in [0.4, 0.5) is 0 Å². The molecule has 0 bridgehead atoms. The van der Waals surface area contributed by atoms with Crippen LogP contribution >= 0.6 is 0 Å². The fraction of sp³-hybridized carbons (Fsp3) is 0.600. The van der Waals surface area contributed by atoms with Crippen LogP contribution in [0.3, 0.4) is 0 Å². The van der Waals surface area contributed by atoms with Gasteiger partial charge in [-0.1, -0.05) is 6.92 Å². The zero-order valence-corrected chi connectivity index (χ0v) is 4.64. The van der Waals surface area contributed by atoms with E-state index in [-0.39, 0.29) is 5.76 Å². The Morgan fingerprint density at radius 1 is 1.86 bits per heavy atom. The summed E-state index contributed by atoms with van der Waals surface area (Å²) in [7, 11) is 1.51. The van der Waals surface area contributed by atoms with E-state index in [4.69, 9.17) is 5.11 Å². The average Bonchev–Trinajstić information content (AvgIpc) is 1.68. The predicted molar refractivity (Wildman–Crippen MR) is 28.0 cm³/mol. The second-order valence-electron chi connectivity index (χ2n) is 1.20. The maximum Gasteiger partial charge on any atom is 0.126 e. The smallest absolute Gasteiger partial charge is 0.126 e. The first-order valence-corrected chi connectivity index (χ1v) is 2.22. The van der Waals surface area contributed by atoms with Crippen LogP contribution in [-0.4, -0.2) is 12.2 Å². The molecule has 0 aliphatic rings. The van der Waals surface area contributed by atoms with Crippen molar-refractivity contribution in [2.75, 3.05) is 7.11 Å². The molecule has 0 fully saturated rings. The van der Waals surface area contributed by atoms with Gasteiger partial charge in [0.1, 0.15) is 12.0 Å². The molecule has 0 aliphatic heterocycles. The molecule has 2 nitrogen and oxygen atoms in total. The van der Waals surface area contributed by atoms with Crippen LogP contribution in [-0.2, 0) is 4.74 Å². The predicted octanol–water partition coefficient (Wildman–Crippen LogP) is 1.44. The molecule has 0 aromatic heterocycles. The van der Waals surface area contributed by atoms with Crippen molar-refractivity contribution in [2.24, 2.45) is 0 Å². The van der Waals surface area contributed by atoms with Gasteiger partial charge in [-0.15, -0.1) is 0 Å². The number of hydrogen-bond donors (Lipinski definition) is 1. The molecule has 0 saturated carbocycles. The topological polar surface area (TPSA) is 29.5 Å². The van der Waals surface area contributed by atoms with Gasteiger partial charge in [0.25, 0.3) is 0 Å². The zero-order chi connectivity index (χ0) is 5.70. The van der Waals surface area contributed by atoms with Gasteiger partial charge in [-0.05, 0) is 0 Å². The molecule has 0 spiro atoms. The van der Waals surface area contributed by atoms with E-state index in [1.807, 2.05) is 6.92 Å². The minimum absolute atomic E-state index is 0.280. The first-order chi connectivity index (χ1) is 3.31. The Morgan fingerprint density at radius 3 is 2.57 bits per heavy atom. The Balaban J connectivity index is 3.29. The lowest BCUT2D eigenvalue weighted by molar-refractivity contribution is 0.291. The maximum atomic E-state index is 8.59. The van der Waals surface area contributed by atoms with E-state index in [2.05, 4.69) is 4.74 Å². The van der Waals surface area contributed by atoms with Crippen LogP contribution in [0.5, 0.6) is 0 Å². The van der Waals surface area contributed by atoms with Crippen molar-refractivity contribution in [1.29, 1.82) is 0 Å². The van der Waals surface area contributed by atoms with E-state index < -0.39 is 0 Å². The van der Waals surface area contributed by atoms with Crippen molar-refractivity contribution >= 4 is 0 Å². The van der Waals surface area contributed by atoms with Crippen molar-refractivity contribution in [3.8, 4) is 0 Å². The summed E-state index contributed by atoms with van der Waals surface area (Å²) in [6, 6.07) is 0. The fourth-order valence-corrected chi connectivity index (χ4v) is 0.219. The molecule has 2 heteroatoms. The summed E-state index contributed by atoms with van der Waals surface area (Å²) in [5.41, 5.74) is 0. The van der Waals surface area contributed by atoms with Gasteiger partial charge in [0.15, 0.2) is 0 Å². The van der Waals surface area contributed by atoms with Gasteiger partial charge in [-0.2, -0.15) is 0 Å². The Kier molecular flexibility index (Phi) is 3.19. The molecule has 7 heavy (non-hydrogen) atoms. The summed E-state index contributed by atoms with van der Waals surface area (Å²) >= 11 is 0. The quantitative estimate of drug-likeness (QED) is 0.534. The average molecular weight is 102 g/mol. The molecule has 0 saturated heterocycles. The minimum atomic E-state index is 0.280. The van der Waals surface area contributed by atoms with E-state index in [1.165, 1.54) is 13.4 Å². The van der Waals surface area contributed by atoms with Gasteiger partial charge < -0.3 is 9.84 Å². The van der Waals surface area contributed by atoms with Gasteiger partial charge in [0.05, 0.1) is 7.11 Å². The first-order valence-electron chi connectivity index (χ1n) is 2.22. The van der Waals surface area contributed by atoms with E-state index in [0.717, 1.165) is 0 Å². The van der Waals surface area contributed by atoms with Crippen molar-refractivity contribution in [1.82, 2.24) is 0 Å². The monoisotopic (exact) mass is 102 g/mol. The van der Waals surface area contributed by atoms with E-state index in [9.17, 15) is 0 Å². The summed E-state index contributed by atoms with van der Waals surface area (Å²) in [5.74, 6) is 0.280. The summed E-state index contributed by atoms with van der Waals surface area (Å²) in [6.45, 7) is 1.85. The highest BCUT2D eigenvalue weighted by Crippen LogP contribution is 1.91. The Labute approximate surface area is 43.4 Å². The summed E-state index contributed by atoms with van der Waals surface area (Å²) in [5, 5.41) is 8.59. The van der Waals surface area contributed by atoms with Gasteiger partial charge in [-0.3, -0.25) is 0 Å². The number of methoxy groups -OCH3 is 1. The fourth-order valence-electron chi connectivity index (χ4n) is 0.219. The van der Waals surface area contributed by atoms with Crippen LogP contribution in [0.2, 0.25) is 0 Å². The molecule has 0 aromatic carbocycles. The SMILES string of the molecule is CCC(O)=COC. The van der Waals surface area contributed by atoms with Gasteiger partial charge in [0.2, 0.25) is 0 Å². The van der Waals surface area contributed by atoms with E-state index >= 15 is 0 Å². The number of aliphatic hydroxyl groups excluding tert-OH is 1. The summed E-state index contributed by atoms with van der Waals surface area (Å²) in [6.07, 6.45) is 1.95. The lowest BCUT2D eigenvalue weighted by atomic mass is 10.4. The Bertz CT molecular complexity index is 66.5. The normalized spacial score (nSPS) is 11.4. The molecule has 0 rings (SSSR count). The molecular weight excluding hydrogens is 92.1 g/mol. The third-order valence-electron chi connectivity index (χ3n) is 0.616. The second-order valence-corrected chi connectivity index (χ2v) is 1.20. The van der Waals surface area contributed by atoms with Gasteiger partial charge in [-0.25, -0.2) is 0 Å². The number of rotatable bonds is 2. The zero-order valence-electron chi connectivity index (χ0n) is 4.64.